The summed E-state index contributed by atoms with van der Waals surface area (Å²) in [4.78, 5) is 0. The van der Waals surface area contributed by atoms with Crippen molar-refractivity contribution in [3.63, 3.8) is 0 Å². The highest BCUT2D eigenvalue weighted by molar-refractivity contribution is 5.51. The monoisotopic (exact) mass is 221 g/mol. The van der Waals surface area contributed by atoms with Crippen LogP contribution in [0, 0.1) is 5.21 Å². The summed E-state index contributed by atoms with van der Waals surface area (Å²) in [6, 6.07) is 9.59. The number of ether oxygens (including phenoxy) is 1. The first kappa shape index (κ1) is 12.6. The molecule has 0 aromatic heterocycles. The molecule has 0 aliphatic heterocycles. The Morgan fingerprint density at radius 3 is 2.44 bits per heavy atom. The van der Waals surface area contributed by atoms with E-state index in [0.717, 1.165) is 10.5 Å². The van der Waals surface area contributed by atoms with Gasteiger partial charge in [0.15, 0.2) is 11.8 Å². The highest BCUT2D eigenvalue weighted by Crippen LogP contribution is 2.08. The maximum absolute atomic E-state index is 11.5. The van der Waals surface area contributed by atoms with Gasteiger partial charge in [-0.3, -0.25) is 0 Å². The van der Waals surface area contributed by atoms with Crippen molar-refractivity contribution in [2.75, 3.05) is 6.61 Å². The van der Waals surface area contributed by atoms with E-state index in [2.05, 4.69) is 0 Å². The van der Waals surface area contributed by atoms with Gasteiger partial charge in [0, 0.05) is 20.8 Å². The molecule has 0 radical (unpaired) electrons. The average molecular weight is 221 g/mol. The molecule has 0 aliphatic rings. The van der Waals surface area contributed by atoms with Crippen molar-refractivity contribution in [2.24, 2.45) is 0 Å². The van der Waals surface area contributed by atoms with E-state index in [4.69, 9.17) is 4.74 Å². The molecule has 88 valence electrons. The lowest BCUT2D eigenvalue weighted by atomic mass is 10.1. The molecule has 0 N–H and O–H groups in total. The first-order chi connectivity index (χ1) is 7.50. The summed E-state index contributed by atoms with van der Waals surface area (Å²) in [7, 11) is 0. The molecule has 0 bridgehead atoms. The molecule has 0 aliphatic carbocycles. The number of hydrogen-bond acceptors (Lipinski definition) is 2. The Morgan fingerprint density at radius 2 is 1.88 bits per heavy atom. The zero-order chi connectivity index (χ0) is 12.0. The Labute approximate surface area is 97.0 Å². The molecule has 1 rings (SSSR count). The highest BCUT2D eigenvalue weighted by atomic mass is 16.5. The molecule has 1 aromatic rings. The number of rotatable bonds is 4. The van der Waals surface area contributed by atoms with Crippen LogP contribution in [0.3, 0.4) is 0 Å². The van der Waals surface area contributed by atoms with Gasteiger partial charge >= 0.3 is 0 Å². The van der Waals surface area contributed by atoms with Gasteiger partial charge in [0.05, 0.1) is 13.0 Å². The Balaban J connectivity index is 2.32. The van der Waals surface area contributed by atoms with Gasteiger partial charge in [0.25, 0.3) is 0 Å². The predicted octanol–water partition coefficient (Wildman–Crippen LogP) is 2.84. The molecule has 0 spiro atoms. The van der Waals surface area contributed by atoms with Gasteiger partial charge in [0.2, 0.25) is 0 Å². The number of benzene rings is 1. The van der Waals surface area contributed by atoms with Crippen molar-refractivity contribution >= 4 is 6.21 Å². The largest absolute Gasteiger partial charge is 0.624 e. The molecule has 0 amide bonds. The van der Waals surface area contributed by atoms with E-state index in [1.54, 1.807) is 6.21 Å². The average Bonchev–Trinajstić information content (AvgIpc) is 2.24. The smallest absolute Gasteiger partial charge is 0.164 e. The number of nitrogens with zero attached hydrogens (tertiary/aromatic N) is 1. The van der Waals surface area contributed by atoms with Gasteiger partial charge in [-0.05, 0) is 12.1 Å². The van der Waals surface area contributed by atoms with Gasteiger partial charge in [-0.1, -0.05) is 18.2 Å². The molecule has 16 heavy (non-hydrogen) atoms. The van der Waals surface area contributed by atoms with Gasteiger partial charge in [-0.2, -0.15) is 0 Å². The quantitative estimate of drug-likeness (QED) is 0.258. The summed E-state index contributed by atoms with van der Waals surface area (Å²) in [6.45, 7) is 6.18. The summed E-state index contributed by atoms with van der Waals surface area (Å²) in [5.41, 5.74) is -0.368. The number of hydroxylamine groups is 1. The van der Waals surface area contributed by atoms with Crippen LogP contribution in [0.5, 0.6) is 5.75 Å². The zero-order valence-electron chi connectivity index (χ0n) is 10.1. The van der Waals surface area contributed by atoms with Crippen LogP contribution < -0.4 is 4.74 Å². The minimum Gasteiger partial charge on any atom is -0.624 e. The van der Waals surface area contributed by atoms with Crippen LogP contribution in [0.4, 0.5) is 0 Å². The third-order valence-electron chi connectivity index (χ3n) is 2.09. The minimum absolute atomic E-state index is 0.368. The number of hydrogen-bond donors (Lipinski definition) is 0. The fourth-order valence-corrected chi connectivity index (χ4v) is 1.14. The van der Waals surface area contributed by atoms with E-state index in [0.29, 0.717) is 13.0 Å². The maximum Gasteiger partial charge on any atom is 0.164 e. The third-order valence-corrected chi connectivity index (χ3v) is 2.09. The molecule has 0 saturated heterocycles. The third kappa shape index (κ3) is 4.34. The van der Waals surface area contributed by atoms with Crippen LogP contribution in [0.25, 0.3) is 0 Å². The van der Waals surface area contributed by atoms with Crippen molar-refractivity contribution in [1.29, 1.82) is 0 Å². The van der Waals surface area contributed by atoms with Crippen molar-refractivity contribution in [3.8, 4) is 5.75 Å². The lowest BCUT2D eigenvalue weighted by Gasteiger charge is -2.18. The van der Waals surface area contributed by atoms with Crippen LogP contribution in [-0.2, 0) is 0 Å². The van der Waals surface area contributed by atoms with Crippen molar-refractivity contribution in [2.45, 2.75) is 32.7 Å². The predicted molar refractivity (Wildman–Crippen MR) is 66.0 cm³/mol. The lowest BCUT2D eigenvalue weighted by Crippen LogP contribution is -2.29. The SMILES string of the molecule is CC(C)(C)/[N+]([O-])=C/CCOc1ccccc1. The Hall–Kier alpha value is -1.51. The Morgan fingerprint density at radius 1 is 1.25 bits per heavy atom. The van der Waals surface area contributed by atoms with Gasteiger partial charge in [-0.15, -0.1) is 0 Å². The topological polar surface area (TPSA) is 35.3 Å². The fourth-order valence-electron chi connectivity index (χ4n) is 1.14. The molecule has 1 aromatic carbocycles. The van der Waals surface area contributed by atoms with Crippen molar-refractivity contribution in [1.82, 2.24) is 0 Å². The molecule has 0 unspecified atom stereocenters. The summed E-state index contributed by atoms with van der Waals surface area (Å²) >= 11 is 0. The minimum atomic E-state index is -0.368. The molecule has 3 heteroatoms. The lowest BCUT2D eigenvalue weighted by molar-refractivity contribution is -0.532. The summed E-state index contributed by atoms with van der Waals surface area (Å²) < 4.78 is 6.45. The first-order valence-corrected chi connectivity index (χ1v) is 5.48. The summed E-state index contributed by atoms with van der Waals surface area (Å²) in [6.07, 6.45) is 2.25. The van der Waals surface area contributed by atoms with Crippen LogP contribution in [-0.4, -0.2) is 23.1 Å². The summed E-state index contributed by atoms with van der Waals surface area (Å²) in [5.74, 6) is 0.837. The van der Waals surface area contributed by atoms with E-state index < -0.39 is 0 Å². The van der Waals surface area contributed by atoms with Crippen molar-refractivity contribution in [3.05, 3.63) is 35.5 Å². The Bertz CT molecular complexity index is 339. The normalized spacial score (nSPS) is 12.6. The molecule has 0 atom stereocenters. The zero-order valence-corrected chi connectivity index (χ0v) is 10.1. The van der Waals surface area contributed by atoms with Gasteiger partial charge < -0.3 is 9.94 Å². The van der Waals surface area contributed by atoms with Crippen LogP contribution in [0.2, 0.25) is 0 Å². The second-order valence-electron chi connectivity index (χ2n) is 4.63. The summed E-state index contributed by atoms with van der Waals surface area (Å²) in [5, 5.41) is 11.5. The molecule has 0 fully saturated rings. The molecule has 0 heterocycles. The Kier molecular flexibility index (Phi) is 4.35. The fraction of sp³-hybridized carbons (Fsp3) is 0.462. The molecular weight excluding hydrogens is 202 g/mol. The van der Waals surface area contributed by atoms with Crippen molar-refractivity contribution < 1.29 is 9.48 Å². The van der Waals surface area contributed by atoms with Gasteiger partial charge in [0.1, 0.15) is 5.75 Å². The van der Waals surface area contributed by atoms with E-state index in [-0.39, 0.29) is 5.54 Å². The molecule has 0 saturated carbocycles. The molecular formula is C13H19NO2. The highest BCUT2D eigenvalue weighted by Gasteiger charge is 2.17. The van der Waals surface area contributed by atoms with E-state index in [9.17, 15) is 5.21 Å². The van der Waals surface area contributed by atoms with E-state index in [1.807, 2.05) is 51.1 Å². The second-order valence-corrected chi connectivity index (χ2v) is 4.63. The van der Waals surface area contributed by atoms with E-state index >= 15 is 0 Å². The number of para-hydroxylation sites is 1. The standard InChI is InChI=1S/C13H19NO2/c1-13(2,3)14(15)10-7-11-16-12-8-5-4-6-9-12/h4-6,8-10H,7,11H2,1-3H3/b14-10-. The molecule has 3 nitrogen and oxygen atoms in total. The van der Waals surface area contributed by atoms with Crippen LogP contribution >= 0.6 is 0 Å². The maximum atomic E-state index is 11.5. The first-order valence-electron chi connectivity index (χ1n) is 5.48. The van der Waals surface area contributed by atoms with Crippen LogP contribution in [0.15, 0.2) is 30.3 Å². The van der Waals surface area contributed by atoms with E-state index in [1.165, 1.54) is 0 Å². The van der Waals surface area contributed by atoms with Gasteiger partial charge in [-0.25, -0.2) is 4.74 Å². The van der Waals surface area contributed by atoms with Crippen LogP contribution in [0.1, 0.15) is 27.2 Å². The second kappa shape index (κ2) is 5.54.